The van der Waals surface area contributed by atoms with Crippen molar-refractivity contribution in [3.8, 4) is 0 Å². The molecule has 2 fully saturated rings. The highest BCUT2D eigenvalue weighted by Gasteiger charge is 2.52. The predicted octanol–water partition coefficient (Wildman–Crippen LogP) is 0.750. The Labute approximate surface area is 120 Å². The molecule has 1 aliphatic carbocycles. The fourth-order valence-corrected chi connectivity index (χ4v) is 3.52. The number of nitrogens with one attached hydrogen (secondary N) is 1. The number of amides is 1. The van der Waals surface area contributed by atoms with Crippen molar-refractivity contribution in [1.29, 1.82) is 0 Å². The maximum Gasteiger partial charge on any atom is 0.234 e. The Morgan fingerprint density at radius 2 is 2.20 bits per heavy atom. The summed E-state index contributed by atoms with van der Waals surface area (Å²) in [6.45, 7) is 3.80. The number of likely N-dealkylation sites (N-methyl/N-ethyl adjacent to an activating group) is 1. The summed E-state index contributed by atoms with van der Waals surface area (Å²) in [7, 11) is 2.10. The third-order valence-corrected chi connectivity index (χ3v) is 4.85. The molecule has 0 aromatic carbocycles. The zero-order chi connectivity index (χ0) is 14.8. The monoisotopic (exact) mass is 282 g/mol. The van der Waals surface area contributed by atoms with Crippen LogP contribution >= 0.6 is 0 Å². The molecule has 2 aliphatic rings. The van der Waals surface area contributed by atoms with Gasteiger partial charge in [-0.25, -0.2) is 0 Å². The summed E-state index contributed by atoms with van der Waals surface area (Å²) in [5.41, 5.74) is 4.95. The van der Waals surface area contributed by atoms with Gasteiger partial charge in [-0.1, -0.05) is 18.5 Å². The molecule has 0 bridgehead atoms. The second-order valence-corrected chi connectivity index (χ2v) is 6.42. The fourth-order valence-electron chi connectivity index (χ4n) is 3.52. The van der Waals surface area contributed by atoms with E-state index >= 15 is 0 Å². The highest BCUT2D eigenvalue weighted by atomic mass is 16.4. The number of hydrogen-bond acceptors (Lipinski definition) is 4. The minimum Gasteiger partial charge on any atom is -0.409 e. The summed E-state index contributed by atoms with van der Waals surface area (Å²) < 4.78 is 0. The summed E-state index contributed by atoms with van der Waals surface area (Å²) in [5, 5.41) is 15.0. The molecule has 114 valence electrons. The minimum absolute atomic E-state index is 0.0464. The van der Waals surface area contributed by atoms with Crippen LogP contribution in [0.2, 0.25) is 0 Å². The Morgan fingerprint density at radius 3 is 2.75 bits per heavy atom. The number of hydrogen-bond donors (Lipinski definition) is 3. The molecule has 0 aromatic rings. The molecule has 1 saturated heterocycles. The van der Waals surface area contributed by atoms with E-state index in [2.05, 4.69) is 29.3 Å². The van der Waals surface area contributed by atoms with E-state index in [4.69, 9.17) is 10.9 Å². The fraction of sp³-hybridized carbons (Fsp3) is 0.857. The summed E-state index contributed by atoms with van der Waals surface area (Å²) >= 11 is 0. The molecule has 6 heteroatoms. The zero-order valence-corrected chi connectivity index (χ0v) is 12.4. The largest absolute Gasteiger partial charge is 0.409 e. The average molecular weight is 282 g/mol. The summed E-state index contributed by atoms with van der Waals surface area (Å²) in [5.74, 6) is 0.397. The van der Waals surface area contributed by atoms with Crippen molar-refractivity contribution in [3.05, 3.63) is 0 Å². The molecule has 20 heavy (non-hydrogen) atoms. The molecule has 1 amide bonds. The molecule has 2 rings (SSSR count). The standard InChI is InChI=1S/C14H26N4O2/c1-10-7-14(8-10,12(15)17-20)13(19)16-9-11-5-3-4-6-18(11)2/h10-11,20H,3-9H2,1-2H3,(H2,15,17)(H,16,19). The Kier molecular flexibility index (Phi) is 4.52. The Balaban J connectivity index is 1.93. The van der Waals surface area contributed by atoms with Crippen LogP contribution in [0.4, 0.5) is 0 Å². The van der Waals surface area contributed by atoms with Crippen molar-refractivity contribution in [1.82, 2.24) is 10.2 Å². The third-order valence-electron chi connectivity index (χ3n) is 4.85. The van der Waals surface area contributed by atoms with Crippen molar-refractivity contribution in [2.24, 2.45) is 22.2 Å². The van der Waals surface area contributed by atoms with Crippen LogP contribution in [0, 0.1) is 11.3 Å². The van der Waals surface area contributed by atoms with Crippen molar-refractivity contribution in [2.75, 3.05) is 20.1 Å². The van der Waals surface area contributed by atoms with E-state index < -0.39 is 5.41 Å². The van der Waals surface area contributed by atoms with Crippen LogP contribution < -0.4 is 11.1 Å². The van der Waals surface area contributed by atoms with E-state index in [1.807, 2.05) is 0 Å². The number of oxime groups is 1. The Bertz CT molecular complexity index is 391. The van der Waals surface area contributed by atoms with Crippen LogP contribution in [-0.2, 0) is 4.79 Å². The first-order chi connectivity index (χ1) is 9.49. The van der Waals surface area contributed by atoms with E-state index in [-0.39, 0.29) is 11.7 Å². The van der Waals surface area contributed by atoms with Crippen molar-refractivity contribution in [2.45, 2.75) is 45.1 Å². The number of rotatable bonds is 4. The van der Waals surface area contributed by atoms with Crippen LogP contribution in [0.25, 0.3) is 0 Å². The quantitative estimate of drug-likeness (QED) is 0.307. The first kappa shape index (κ1) is 15.1. The lowest BCUT2D eigenvalue weighted by molar-refractivity contribution is -0.133. The molecule has 1 unspecified atom stereocenters. The molecule has 1 saturated carbocycles. The molecule has 1 aliphatic heterocycles. The van der Waals surface area contributed by atoms with Crippen LogP contribution in [0.3, 0.4) is 0 Å². The molecule has 4 N–H and O–H groups in total. The number of nitrogens with two attached hydrogens (primary N) is 1. The first-order valence-corrected chi connectivity index (χ1v) is 7.46. The SMILES string of the molecule is CC1CC(C(=O)NCC2CCCCN2C)(C(N)=NO)C1. The van der Waals surface area contributed by atoms with Gasteiger partial charge in [0.05, 0.1) is 0 Å². The van der Waals surface area contributed by atoms with Gasteiger partial charge in [0, 0.05) is 12.6 Å². The Morgan fingerprint density at radius 1 is 1.50 bits per heavy atom. The summed E-state index contributed by atoms with van der Waals surface area (Å²) in [4.78, 5) is 14.7. The maximum absolute atomic E-state index is 12.4. The molecule has 0 spiro atoms. The van der Waals surface area contributed by atoms with Gasteiger partial charge in [0.25, 0.3) is 0 Å². The number of likely N-dealkylation sites (tertiary alicyclic amines) is 1. The van der Waals surface area contributed by atoms with Crippen LogP contribution in [0.5, 0.6) is 0 Å². The lowest BCUT2D eigenvalue weighted by Crippen LogP contribution is -2.58. The average Bonchev–Trinajstić information content (AvgIpc) is 2.41. The van der Waals surface area contributed by atoms with Gasteiger partial charge in [-0.15, -0.1) is 0 Å². The minimum atomic E-state index is -0.790. The Hall–Kier alpha value is -1.30. The van der Waals surface area contributed by atoms with Crippen molar-refractivity contribution in [3.63, 3.8) is 0 Å². The van der Waals surface area contributed by atoms with Gasteiger partial charge >= 0.3 is 0 Å². The van der Waals surface area contributed by atoms with Gasteiger partial charge in [-0.3, -0.25) is 4.79 Å². The third kappa shape index (κ3) is 2.75. The van der Waals surface area contributed by atoms with E-state index in [0.29, 0.717) is 31.3 Å². The van der Waals surface area contributed by atoms with Gasteiger partial charge in [0.2, 0.25) is 5.91 Å². The highest BCUT2D eigenvalue weighted by molar-refractivity contribution is 6.07. The van der Waals surface area contributed by atoms with Crippen molar-refractivity contribution >= 4 is 11.7 Å². The molecule has 0 aromatic heterocycles. The van der Waals surface area contributed by atoms with Crippen LogP contribution in [-0.4, -0.2) is 48.0 Å². The number of amidine groups is 1. The van der Waals surface area contributed by atoms with Crippen LogP contribution in [0.1, 0.15) is 39.0 Å². The zero-order valence-electron chi connectivity index (χ0n) is 12.4. The van der Waals surface area contributed by atoms with Crippen LogP contribution in [0.15, 0.2) is 5.16 Å². The molecular weight excluding hydrogens is 256 g/mol. The lowest BCUT2D eigenvalue weighted by atomic mass is 9.61. The van der Waals surface area contributed by atoms with Gasteiger partial charge in [-0.2, -0.15) is 0 Å². The second kappa shape index (κ2) is 5.99. The summed E-state index contributed by atoms with van der Waals surface area (Å²) in [6.07, 6.45) is 4.88. The smallest absolute Gasteiger partial charge is 0.234 e. The van der Waals surface area contributed by atoms with Gasteiger partial charge < -0.3 is 21.2 Å². The van der Waals surface area contributed by atoms with E-state index in [1.54, 1.807) is 0 Å². The van der Waals surface area contributed by atoms with Crippen molar-refractivity contribution < 1.29 is 10.0 Å². The predicted molar refractivity (Wildman–Crippen MR) is 77.5 cm³/mol. The van der Waals surface area contributed by atoms with E-state index in [1.165, 1.54) is 12.8 Å². The highest BCUT2D eigenvalue weighted by Crippen LogP contribution is 2.45. The lowest BCUT2D eigenvalue weighted by Gasteiger charge is -2.44. The van der Waals surface area contributed by atoms with Gasteiger partial charge in [0.1, 0.15) is 5.41 Å². The van der Waals surface area contributed by atoms with E-state index in [0.717, 1.165) is 13.0 Å². The molecule has 6 nitrogen and oxygen atoms in total. The maximum atomic E-state index is 12.4. The number of piperidine rings is 1. The second-order valence-electron chi connectivity index (χ2n) is 6.42. The van der Waals surface area contributed by atoms with E-state index in [9.17, 15) is 4.79 Å². The first-order valence-electron chi connectivity index (χ1n) is 7.46. The topological polar surface area (TPSA) is 91.0 Å². The molecule has 1 heterocycles. The molecule has 0 radical (unpaired) electrons. The number of nitrogens with zero attached hydrogens (tertiary/aromatic N) is 2. The summed E-state index contributed by atoms with van der Waals surface area (Å²) in [6, 6.07) is 0.398. The number of carbonyl (C=O) groups excluding carboxylic acids is 1. The number of carbonyl (C=O) groups is 1. The molecular formula is C14H26N4O2. The van der Waals surface area contributed by atoms with Gasteiger partial charge in [-0.05, 0) is 45.2 Å². The van der Waals surface area contributed by atoms with Gasteiger partial charge in [0.15, 0.2) is 5.84 Å². The molecule has 1 atom stereocenters. The normalized spacial score (nSPS) is 35.4.